The molecule has 5 nitrogen and oxygen atoms in total. The number of hydrogen-bond donors (Lipinski definition) is 2. The van der Waals surface area contributed by atoms with E-state index in [1.807, 2.05) is 17.5 Å². The first kappa shape index (κ1) is 15.6. The zero-order valence-corrected chi connectivity index (χ0v) is 13.5. The lowest BCUT2D eigenvalue weighted by atomic mass is 9.94. The molecule has 0 aliphatic carbocycles. The summed E-state index contributed by atoms with van der Waals surface area (Å²) in [5, 5.41) is 14.5. The summed E-state index contributed by atoms with van der Waals surface area (Å²) < 4.78 is 0. The summed E-state index contributed by atoms with van der Waals surface area (Å²) >= 11 is 1.58. The Morgan fingerprint density at radius 3 is 2.87 bits per heavy atom. The Morgan fingerprint density at radius 2 is 2.17 bits per heavy atom. The molecule has 1 aliphatic heterocycles. The molecule has 1 aromatic heterocycles. The number of amides is 2. The Morgan fingerprint density at radius 1 is 1.35 bits per heavy atom. The van der Waals surface area contributed by atoms with Gasteiger partial charge in [-0.1, -0.05) is 12.1 Å². The third kappa shape index (κ3) is 3.22. The number of likely N-dealkylation sites (N-methyl/N-ethyl adjacent to an activating group) is 1. The maximum absolute atomic E-state index is 12.4. The number of nitrogens with one attached hydrogen (secondary N) is 1. The molecule has 3 rings (SSSR count). The highest BCUT2D eigenvalue weighted by molar-refractivity contribution is 7.10. The average Bonchev–Trinajstić information content (AvgIpc) is 3.05. The topological polar surface area (TPSA) is 69.6 Å². The van der Waals surface area contributed by atoms with Crippen LogP contribution in [0.15, 0.2) is 41.8 Å². The van der Waals surface area contributed by atoms with Gasteiger partial charge in [-0.05, 0) is 36.1 Å². The SMILES string of the molecule is CN1C(=O)CC[C@H](NC(=O)c2cccc(O)c2)[C@H]1c1cccs1. The number of aromatic hydroxyl groups is 1. The smallest absolute Gasteiger partial charge is 0.251 e. The normalized spacial score (nSPS) is 21.3. The summed E-state index contributed by atoms with van der Waals surface area (Å²) in [6.07, 6.45) is 1.03. The average molecular weight is 330 g/mol. The van der Waals surface area contributed by atoms with Crippen LogP contribution >= 0.6 is 11.3 Å². The molecule has 120 valence electrons. The zero-order valence-electron chi connectivity index (χ0n) is 12.7. The Balaban J connectivity index is 1.82. The molecule has 2 atom stereocenters. The van der Waals surface area contributed by atoms with Gasteiger partial charge in [0.2, 0.25) is 5.91 Å². The van der Waals surface area contributed by atoms with E-state index in [1.54, 1.807) is 35.4 Å². The lowest BCUT2D eigenvalue weighted by molar-refractivity contribution is -0.135. The number of hydrogen-bond acceptors (Lipinski definition) is 4. The fourth-order valence-electron chi connectivity index (χ4n) is 2.94. The molecule has 2 heterocycles. The largest absolute Gasteiger partial charge is 0.508 e. The summed E-state index contributed by atoms with van der Waals surface area (Å²) in [7, 11) is 1.78. The van der Waals surface area contributed by atoms with Crippen LogP contribution in [0.5, 0.6) is 5.75 Å². The van der Waals surface area contributed by atoms with Crippen LogP contribution in [0, 0.1) is 0 Å². The van der Waals surface area contributed by atoms with E-state index >= 15 is 0 Å². The molecule has 2 aromatic rings. The number of likely N-dealkylation sites (tertiary alicyclic amines) is 1. The van der Waals surface area contributed by atoms with Crippen LogP contribution in [0.25, 0.3) is 0 Å². The first-order chi connectivity index (χ1) is 11.1. The summed E-state index contributed by atoms with van der Waals surface area (Å²) in [5.74, 6) is -0.0927. The number of carbonyl (C=O) groups excluding carboxylic acids is 2. The highest BCUT2D eigenvalue weighted by Crippen LogP contribution is 2.33. The van der Waals surface area contributed by atoms with E-state index in [-0.39, 0.29) is 29.6 Å². The van der Waals surface area contributed by atoms with Gasteiger partial charge < -0.3 is 15.3 Å². The lowest BCUT2D eigenvalue weighted by Gasteiger charge is -2.38. The molecule has 0 radical (unpaired) electrons. The van der Waals surface area contributed by atoms with Crippen molar-refractivity contribution in [1.82, 2.24) is 10.2 Å². The van der Waals surface area contributed by atoms with Gasteiger partial charge in [-0.15, -0.1) is 11.3 Å². The minimum atomic E-state index is -0.241. The molecule has 2 N–H and O–H groups in total. The van der Waals surface area contributed by atoms with Crippen molar-refractivity contribution < 1.29 is 14.7 Å². The molecule has 1 fully saturated rings. The van der Waals surface area contributed by atoms with Gasteiger partial charge in [0.15, 0.2) is 0 Å². The molecule has 0 spiro atoms. The Hall–Kier alpha value is -2.34. The maximum atomic E-state index is 12.4. The van der Waals surface area contributed by atoms with Crippen LogP contribution in [0.3, 0.4) is 0 Å². The van der Waals surface area contributed by atoms with Gasteiger partial charge in [0.1, 0.15) is 5.75 Å². The van der Waals surface area contributed by atoms with Crippen LogP contribution in [0.2, 0.25) is 0 Å². The Kier molecular flexibility index (Phi) is 4.34. The van der Waals surface area contributed by atoms with Crippen LogP contribution in [-0.2, 0) is 4.79 Å². The summed E-state index contributed by atoms with van der Waals surface area (Å²) in [4.78, 5) is 27.2. The third-order valence-electron chi connectivity index (χ3n) is 4.12. The standard InChI is InChI=1S/C17H18N2O3S/c1-19-15(21)8-7-13(16(19)14-6-3-9-23-14)18-17(22)11-4-2-5-12(20)10-11/h2-6,9-10,13,16,20H,7-8H2,1H3,(H,18,22)/t13-,16-/m0/s1. The van der Waals surface area contributed by atoms with Gasteiger partial charge in [0, 0.05) is 23.9 Å². The molecule has 6 heteroatoms. The molecular weight excluding hydrogens is 312 g/mol. The van der Waals surface area contributed by atoms with Gasteiger partial charge in [-0.3, -0.25) is 9.59 Å². The molecule has 1 aliphatic rings. The quantitative estimate of drug-likeness (QED) is 0.909. The molecule has 0 bridgehead atoms. The molecule has 23 heavy (non-hydrogen) atoms. The number of phenols is 1. The molecule has 0 saturated carbocycles. The van der Waals surface area contributed by atoms with E-state index in [9.17, 15) is 14.7 Å². The van der Waals surface area contributed by atoms with Crippen molar-refractivity contribution in [2.24, 2.45) is 0 Å². The number of rotatable bonds is 3. The molecular formula is C17H18N2O3S. The van der Waals surface area contributed by atoms with Gasteiger partial charge in [-0.25, -0.2) is 0 Å². The molecule has 1 aromatic carbocycles. The second-order valence-electron chi connectivity index (χ2n) is 5.63. The molecule has 1 saturated heterocycles. The van der Waals surface area contributed by atoms with E-state index in [4.69, 9.17) is 0 Å². The monoisotopic (exact) mass is 330 g/mol. The number of benzene rings is 1. The highest BCUT2D eigenvalue weighted by Gasteiger charge is 2.36. The number of phenolic OH excluding ortho intramolecular Hbond substituents is 1. The zero-order chi connectivity index (χ0) is 16.4. The highest BCUT2D eigenvalue weighted by atomic mass is 32.1. The van der Waals surface area contributed by atoms with Crippen LogP contribution < -0.4 is 5.32 Å². The maximum Gasteiger partial charge on any atom is 0.251 e. The van der Waals surface area contributed by atoms with Crippen molar-refractivity contribution >= 4 is 23.2 Å². The predicted molar refractivity (Wildman–Crippen MR) is 88.4 cm³/mol. The van der Waals surface area contributed by atoms with Crippen LogP contribution in [-0.4, -0.2) is 34.9 Å². The van der Waals surface area contributed by atoms with Crippen molar-refractivity contribution in [1.29, 1.82) is 0 Å². The van der Waals surface area contributed by atoms with Gasteiger partial charge >= 0.3 is 0 Å². The van der Waals surface area contributed by atoms with Gasteiger partial charge in [-0.2, -0.15) is 0 Å². The lowest BCUT2D eigenvalue weighted by Crippen LogP contribution is -2.50. The predicted octanol–water partition coefficient (Wildman–Crippen LogP) is 2.55. The van der Waals surface area contributed by atoms with Crippen LogP contribution in [0.4, 0.5) is 0 Å². The number of carbonyl (C=O) groups is 2. The van der Waals surface area contributed by atoms with E-state index in [2.05, 4.69) is 5.32 Å². The summed E-state index contributed by atoms with van der Waals surface area (Å²) in [6, 6.07) is 9.89. The number of thiophene rings is 1. The third-order valence-corrected chi connectivity index (χ3v) is 5.06. The minimum Gasteiger partial charge on any atom is -0.508 e. The van der Waals surface area contributed by atoms with Crippen molar-refractivity contribution in [3.05, 3.63) is 52.2 Å². The van der Waals surface area contributed by atoms with Crippen molar-refractivity contribution in [2.45, 2.75) is 24.9 Å². The fraction of sp³-hybridized carbons (Fsp3) is 0.294. The minimum absolute atomic E-state index is 0.0587. The van der Waals surface area contributed by atoms with Crippen molar-refractivity contribution in [2.75, 3.05) is 7.05 Å². The van der Waals surface area contributed by atoms with E-state index in [0.717, 1.165) is 4.88 Å². The van der Waals surface area contributed by atoms with Crippen molar-refractivity contribution in [3.63, 3.8) is 0 Å². The van der Waals surface area contributed by atoms with E-state index in [1.165, 1.54) is 12.1 Å². The van der Waals surface area contributed by atoms with Crippen molar-refractivity contribution in [3.8, 4) is 5.75 Å². The second kappa shape index (κ2) is 6.42. The first-order valence-electron chi connectivity index (χ1n) is 7.45. The number of nitrogens with zero attached hydrogens (tertiary/aromatic N) is 1. The first-order valence-corrected chi connectivity index (χ1v) is 8.33. The number of piperidine rings is 1. The summed E-state index contributed by atoms with van der Waals surface area (Å²) in [6.45, 7) is 0. The van der Waals surface area contributed by atoms with E-state index < -0.39 is 0 Å². The molecule has 2 amide bonds. The second-order valence-corrected chi connectivity index (χ2v) is 6.61. The summed E-state index contributed by atoms with van der Waals surface area (Å²) in [5.41, 5.74) is 0.412. The van der Waals surface area contributed by atoms with Gasteiger partial charge in [0.05, 0.1) is 12.1 Å². The Labute approximate surface area is 138 Å². The Bertz CT molecular complexity index is 714. The van der Waals surface area contributed by atoms with Gasteiger partial charge in [0.25, 0.3) is 5.91 Å². The van der Waals surface area contributed by atoms with Crippen LogP contribution in [0.1, 0.15) is 34.1 Å². The molecule has 0 unspecified atom stereocenters. The fourth-order valence-corrected chi connectivity index (χ4v) is 3.87. The van der Waals surface area contributed by atoms with E-state index in [0.29, 0.717) is 18.4 Å².